The van der Waals surface area contributed by atoms with Crippen molar-refractivity contribution < 1.29 is 18.5 Å². The highest BCUT2D eigenvalue weighted by Crippen LogP contribution is 2.27. The Morgan fingerprint density at radius 3 is 2.54 bits per heavy atom. The molecule has 0 unspecified atom stereocenters. The Morgan fingerprint density at radius 2 is 1.88 bits per heavy atom. The maximum Gasteiger partial charge on any atom is 0.261 e. The second-order valence-electron chi connectivity index (χ2n) is 4.75. The quantitative estimate of drug-likeness (QED) is 0.763. The van der Waals surface area contributed by atoms with Crippen LogP contribution >= 0.6 is 0 Å². The second-order valence-corrected chi connectivity index (χ2v) is 4.75. The van der Waals surface area contributed by atoms with Crippen LogP contribution in [0.15, 0.2) is 53.2 Å². The van der Waals surface area contributed by atoms with Gasteiger partial charge in [-0.15, -0.1) is 0 Å². The van der Waals surface area contributed by atoms with Gasteiger partial charge in [0.25, 0.3) is 11.8 Å². The van der Waals surface area contributed by atoms with Crippen molar-refractivity contribution in [1.29, 1.82) is 0 Å². The van der Waals surface area contributed by atoms with Crippen LogP contribution in [0.5, 0.6) is 0 Å². The molecule has 0 atom stereocenters. The molecule has 0 saturated heterocycles. The number of pyridine rings is 1. The molecule has 2 heterocycles. The fraction of sp³-hybridized carbons (Fsp3) is 0. The summed E-state index contributed by atoms with van der Waals surface area (Å²) >= 11 is 0. The van der Waals surface area contributed by atoms with Crippen LogP contribution in [0.4, 0.5) is 10.3 Å². The molecule has 2 aromatic heterocycles. The maximum atomic E-state index is 13.7. The van der Waals surface area contributed by atoms with Crippen molar-refractivity contribution in [2.45, 2.75) is 0 Å². The highest BCUT2D eigenvalue weighted by atomic mass is 19.1. The molecule has 120 valence electrons. The average Bonchev–Trinajstić information content (AvgIpc) is 2.99. The van der Waals surface area contributed by atoms with E-state index in [4.69, 9.17) is 10.3 Å². The Morgan fingerprint density at radius 1 is 1.12 bits per heavy atom. The number of carbonyl (C=O) groups is 2. The van der Waals surface area contributed by atoms with E-state index in [9.17, 15) is 14.0 Å². The van der Waals surface area contributed by atoms with Crippen molar-refractivity contribution >= 4 is 17.7 Å². The monoisotopic (exact) mass is 326 g/mol. The van der Waals surface area contributed by atoms with Crippen LogP contribution in [-0.4, -0.2) is 22.0 Å². The van der Waals surface area contributed by atoms with Gasteiger partial charge in [0.2, 0.25) is 5.88 Å². The summed E-state index contributed by atoms with van der Waals surface area (Å²) in [7, 11) is 0. The highest BCUT2D eigenvalue weighted by molar-refractivity contribution is 6.09. The fourth-order valence-corrected chi connectivity index (χ4v) is 2.10. The fourth-order valence-electron chi connectivity index (χ4n) is 2.10. The summed E-state index contributed by atoms with van der Waals surface area (Å²) in [6.45, 7) is 0. The summed E-state index contributed by atoms with van der Waals surface area (Å²) in [5, 5.41) is 6.03. The van der Waals surface area contributed by atoms with E-state index in [0.717, 1.165) is 6.07 Å². The molecular formula is C16H11FN4O3. The molecule has 3 aromatic rings. The molecule has 0 saturated carbocycles. The SMILES string of the molecule is NC(=O)c1c(-c2ccccn2)noc1NC(=O)c1ccccc1F. The number of halogens is 1. The standard InChI is InChI=1S/C16H11FN4O3/c17-10-6-2-1-5-9(10)15(23)20-16-12(14(18)22)13(21-24-16)11-7-3-4-8-19-11/h1-8H,(H2,18,22)(H,20,23). The molecule has 0 spiro atoms. The van der Waals surface area contributed by atoms with Crippen molar-refractivity contribution in [2.24, 2.45) is 5.73 Å². The van der Waals surface area contributed by atoms with Crippen LogP contribution in [0.25, 0.3) is 11.4 Å². The second kappa shape index (κ2) is 6.29. The summed E-state index contributed by atoms with van der Waals surface area (Å²) in [6.07, 6.45) is 1.51. The Kier molecular flexibility index (Phi) is 4.02. The minimum atomic E-state index is -0.860. The number of aromatic nitrogens is 2. The number of hydrogen-bond donors (Lipinski definition) is 2. The lowest BCUT2D eigenvalue weighted by Crippen LogP contribution is -2.18. The van der Waals surface area contributed by atoms with E-state index in [2.05, 4.69) is 15.5 Å². The smallest absolute Gasteiger partial charge is 0.261 e. The predicted octanol–water partition coefficient (Wildman–Crippen LogP) is 2.23. The summed E-state index contributed by atoms with van der Waals surface area (Å²) < 4.78 is 18.7. The molecule has 8 heteroatoms. The number of nitrogens with zero attached hydrogens (tertiary/aromatic N) is 2. The lowest BCUT2D eigenvalue weighted by atomic mass is 10.1. The first-order valence-corrected chi connectivity index (χ1v) is 6.84. The minimum Gasteiger partial charge on any atom is -0.365 e. The summed E-state index contributed by atoms with van der Waals surface area (Å²) in [5.41, 5.74) is 5.44. The molecule has 3 rings (SSSR count). The van der Waals surface area contributed by atoms with E-state index in [1.165, 1.54) is 24.4 Å². The zero-order valence-electron chi connectivity index (χ0n) is 12.2. The van der Waals surface area contributed by atoms with E-state index in [1.807, 2.05) is 0 Å². The molecule has 24 heavy (non-hydrogen) atoms. The van der Waals surface area contributed by atoms with Crippen LogP contribution in [0.2, 0.25) is 0 Å². The molecule has 7 nitrogen and oxygen atoms in total. The Labute approximate surface area is 135 Å². The lowest BCUT2D eigenvalue weighted by molar-refractivity contribution is 0.100. The number of primary amides is 1. The number of rotatable bonds is 4. The van der Waals surface area contributed by atoms with E-state index < -0.39 is 17.6 Å². The Balaban J connectivity index is 1.98. The van der Waals surface area contributed by atoms with Gasteiger partial charge >= 0.3 is 0 Å². The number of benzene rings is 1. The molecular weight excluding hydrogens is 315 g/mol. The third-order valence-electron chi connectivity index (χ3n) is 3.19. The van der Waals surface area contributed by atoms with Crippen molar-refractivity contribution in [3.8, 4) is 11.4 Å². The van der Waals surface area contributed by atoms with Gasteiger partial charge in [0.1, 0.15) is 17.1 Å². The molecule has 0 aliphatic carbocycles. The third-order valence-corrected chi connectivity index (χ3v) is 3.19. The minimum absolute atomic E-state index is 0.0898. The Bertz CT molecular complexity index is 909. The van der Waals surface area contributed by atoms with Gasteiger partial charge in [-0.1, -0.05) is 23.4 Å². The van der Waals surface area contributed by atoms with Gasteiger partial charge in [0, 0.05) is 6.20 Å². The molecule has 1 aromatic carbocycles. The normalized spacial score (nSPS) is 10.4. The summed E-state index contributed by atoms with van der Waals surface area (Å²) in [6, 6.07) is 10.4. The summed E-state index contributed by atoms with van der Waals surface area (Å²) in [5.74, 6) is -2.63. The van der Waals surface area contributed by atoms with Gasteiger partial charge in [-0.3, -0.25) is 19.9 Å². The van der Waals surface area contributed by atoms with E-state index >= 15 is 0 Å². The number of hydrogen-bond acceptors (Lipinski definition) is 5. The lowest BCUT2D eigenvalue weighted by Gasteiger charge is -2.04. The van der Waals surface area contributed by atoms with Crippen LogP contribution in [0, 0.1) is 5.82 Å². The Hall–Kier alpha value is -3.55. The number of nitrogens with two attached hydrogens (primary N) is 1. The van der Waals surface area contributed by atoms with Crippen molar-refractivity contribution in [2.75, 3.05) is 5.32 Å². The zero-order valence-corrected chi connectivity index (χ0v) is 12.2. The average molecular weight is 326 g/mol. The highest BCUT2D eigenvalue weighted by Gasteiger charge is 2.25. The molecule has 0 fully saturated rings. The third kappa shape index (κ3) is 2.84. The molecule has 0 radical (unpaired) electrons. The topological polar surface area (TPSA) is 111 Å². The van der Waals surface area contributed by atoms with Gasteiger partial charge in [0.05, 0.1) is 11.3 Å². The van der Waals surface area contributed by atoms with Gasteiger partial charge in [0.15, 0.2) is 0 Å². The molecule has 0 bridgehead atoms. The first kappa shape index (κ1) is 15.3. The largest absolute Gasteiger partial charge is 0.365 e. The van der Waals surface area contributed by atoms with E-state index in [0.29, 0.717) is 5.69 Å². The van der Waals surface area contributed by atoms with Gasteiger partial charge < -0.3 is 10.3 Å². The number of carbonyl (C=O) groups excluding carboxylic acids is 2. The molecule has 3 N–H and O–H groups in total. The van der Waals surface area contributed by atoms with Gasteiger partial charge in [-0.2, -0.15) is 0 Å². The first-order valence-electron chi connectivity index (χ1n) is 6.84. The number of anilines is 1. The van der Waals surface area contributed by atoms with Crippen molar-refractivity contribution in [3.63, 3.8) is 0 Å². The summed E-state index contributed by atoms with van der Waals surface area (Å²) in [4.78, 5) is 27.9. The van der Waals surface area contributed by atoms with E-state index in [-0.39, 0.29) is 22.7 Å². The van der Waals surface area contributed by atoms with Crippen LogP contribution < -0.4 is 11.1 Å². The van der Waals surface area contributed by atoms with Crippen molar-refractivity contribution in [1.82, 2.24) is 10.1 Å². The first-order chi connectivity index (χ1) is 11.6. The van der Waals surface area contributed by atoms with E-state index in [1.54, 1.807) is 18.2 Å². The van der Waals surface area contributed by atoms with Gasteiger partial charge in [-0.05, 0) is 24.3 Å². The predicted molar refractivity (Wildman–Crippen MR) is 82.6 cm³/mol. The number of nitrogens with one attached hydrogen (secondary N) is 1. The molecule has 0 aliphatic heterocycles. The number of amides is 2. The van der Waals surface area contributed by atoms with Crippen LogP contribution in [0.3, 0.4) is 0 Å². The van der Waals surface area contributed by atoms with Gasteiger partial charge in [-0.25, -0.2) is 4.39 Å². The maximum absolute atomic E-state index is 13.7. The molecule has 2 amide bonds. The molecule has 0 aliphatic rings. The zero-order chi connectivity index (χ0) is 17.1. The van der Waals surface area contributed by atoms with Crippen LogP contribution in [0.1, 0.15) is 20.7 Å². The van der Waals surface area contributed by atoms with Crippen molar-refractivity contribution in [3.05, 3.63) is 65.6 Å². The van der Waals surface area contributed by atoms with Crippen LogP contribution in [-0.2, 0) is 0 Å².